The summed E-state index contributed by atoms with van der Waals surface area (Å²) in [6.07, 6.45) is 1.70. The molecule has 15 heavy (non-hydrogen) atoms. The van der Waals surface area contributed by atoms with E-state index in [0.29, 0.717) is 19.4 Å². The van der Waals surface area contributed by atoms with Crippen molar-refractivity contribution in [2.45, 2.75) is 32.2 Å². The first-order chi connectivity index (χ1) is 7.13. The fourth-order valence-electron chi connectivity index (χ4n) is 1.29. The summed E-state index contributed by atoms with van der Waals surface area (Å²) in [5.41, 5.74) is 5.56. The van der Waals surface area contributed by atoms with Crippen LogP contribution in [0.4, 0.5) is 0 Å². The van der Waals surface area contributed by atoms with Gasteiger partial charge in [0.25, 0.3) is 0 Å². The monoisotopic (exact) mass is 212 g/mol. The summed E-state index contributed by atoms with van der Waals surface area (Å²) in [7, 11) is 0. The summed E-state index contributed by atoms with van der Waals surface area (Å²) in [6, 6.07) is -0.441. The molecule has 1 rings (SSSR count). The van der Waals surface area contributed by atoms with Crippen molar-refractivity contribution in [1.82, 2.24) is 10.6 Å². The van der Waals surface area contributed by atoms with E-state index in [-0.39, 0.29) is 17.8 Å². The van der Waals surface area contributed by atoms with E-state index in [1.807, 2.05) is 6.92 Å². The number of hydrogen-bond acceptors (Lipinski definition) is 3. The second-order valence-corrected chi connectivity index (χ2v) is 3.41. The van der Waals surface area contributed by atoms with E-state index in [4.69, 9.17) is 5.73 Å². The van der Waals surface area contributed by atoms with Gasteiger partial charge < -0.3 is 11.1 Å². The molecule has 0 aliphatic carbocycles. The molecule has 6 nitrogen and oxygen atoms in total. The molecule has 0 bridgehead atoms. The summed E-state index contributed by atoms with van der Waals surface area (Å²) in [5, 5.41) is 5.03. The van der Waals surface area contributed by atoms with Gasteiger partial charge in [-0.25, -0.2) is 0 Å². The Labute approximate surface area is 88.3 Å². The lowest BCUT2D eigenvalue weighted by Crippen LogP contribution is -2.53. The maximum Gasteiger partial charge on any atom is 0.249 e. The van der Waals surface area contributed by atoms with Crippen LogP contribution in [-0.4, -0.2) is 30.4 Å². The van der Waals surface area contributed by atoms with Crippen LogP contribution in [0, 0.1) is 0 Å². The van der Waals surface area contributed by atoms with Gasteiger partial charge in [-0.3, -0.25) is 19.9 Å². The molecule has 0 spiro atoms. The molecule has 1 aliphatic rings. The molecular weight excluding hydrogens is 196 g/mol. The van der Waals surface area contributed by atoms with Crippen molar-refractivity contribution in [2.75, 3.05) is 6.54 Å². The highest BCUT2D eigenvalue weighted by Crippen LogP contribution is 2.03. The highest BCUT2D eigenvalue weighted by atomic mass is 16.2. The standard InChI is InChI=1S/C9H16N4O2/c1-2-5-11-9(10)12-6-3-4-7(14)13-8(6)15/h6H,2-5H2,1H3,(H3,10,11,12)(H,13,14,15). The number of hydrogen-bond donors (Lipinski definition) is 3. The molecule has 1 heterocycles. The number of carbonyl (C=O) groups is 2. The average molecular weight is 212 g/mol. The van der Waals surface area contributed by atoms with Crippen LogP contribution in [-0.2, 0) is 9.59 Å². The Balaban J connectivity index is 2.44. The molecule has 0 aromatic carbocycles. The largest absolute Gasteiger partial charge is 0.370 e. The van der Waals surface area contributed by atoms with Crippen molar-refractivity contribution in [3.8, 4) is 0 Å². The zero-order valence-electron chi connectivity index (χ0n) is 8.75. The molecule has 0 aromatic rings. The van der Waals surface area contributed by atoms with Crippen LogP contribution in [0.15, 0.2) is 4.99 Å². The Kier molecular flexibility index (Phi) is 4.08. The molecule has 6 heteroatoms. The summed E-state index contributed by atoms with van der Waals surface area (Å²) < 4.78 is 0. The second-order valence-electron chi connectivity index (χ2n) is 3.41. The van der Waals surface area contributed by atoms with Gasteiger partial charge in [-0.2, -0.15) is 0 Å². The van der Waals surface area contributed by atoms with E-state index in [2.05, 4.69) is 15.6 Å². The first kappa shape index (κ1) is 11.5. The number of nitrogens with one attached hydrogen (secondary N) is 2. The van der Waals surface area contributed by atoms with Gasteiger partial charge in [-0.1, -0.05) is 6.92 Å². The van der Waals surface area contributed by atoms with Gasteiger partial charge in [0, 0.05) is 13.0 Å². The number of rotatable bonds is 3. The van der Waals surface area contributed by atoms with Crippen LogP contribution < -0.4 is 16.4 Å². The predicted molar refractivity (Wildman–Crippen MR) is 56.1 cm³/mol. The lowest BCUT2D eigenvalue weighted by Gasteiger charge is -2.22. The lowest BCUT2D eigenvalue weighted by molar-refractivity contribution is -0.134. The molecular formula is C9H16N4O2. The van der Waals surface area contributed by atoms with Crippen LogP contribution in [0.2, 0.25) is 0 Å². The number of imide groups is 1. The van der Waals surface area contributed by atoms with E-state index < -0.39 is 6.04 Å². The first-order valence-electron chi connectivity index (χ1n) is 5.03. The molecule has 0 radical (unpaired) electrons. The van der Waals surface area contributed by atoms with Crippen LogP contribution >= 0.6 is 0 Å². The molecule has 4 N–H and O–H groups in total. The van der Waals surface area contributed by atoms with Gasteiger partial charge in [0.1, 0.15) is 6.04 Å². The minimum Gasteiger partial charge on any atom is -0.370 e. The Morgan fingerprint density at radius 1 is 1.67 bits per heavy atom. The molecule has 0 saturated carbocycles. The first-order valence-corrected chi connectivity index (χ1v) is 5.03. The second kappa shape index (κ2) is 5.33. The fourth-order valence-corrected chi connectivity index (χ4v) is 1.29. The fraction of sp³-hybridized carbons (Fsp3) is 0.667. The normalized spacial score (nSPS) is 22.5. The zero-order valence-corrected chi connectivity index (χ0v) is 8.75. The molecule has 84 valence electrons. The maximum absolute atomic E-state index is 11.3. The van der Waals surface area contributed by atoms with Crippen molar-refractivity contribution in [2.24, 2.45) is 10.7 Å². The van der Waals surface area contributed by atoms with Gasteiger partial charge in [0.15, 0.2) is 5.96 Å². The van der Waals surface area contributed by atoms with Crippen molar-refractivity contribution in [1.29, 1.82) is 0 Å². The number of amides is 2. The molecule has 1 aliphatic heterocycles. The summed E-state index contributed by atoms with van der Waals surface area (Å²) >= 11 is 0. The number of nitrogens with zero attached hydrogens (tertiary/aromatic N) is 1. The van der Waals surface area contributed by atoms with E-state index >= 15 is 0 Å². The highest BCUT2D eigenvalue weighted by molar-refractivity contribution is 6.01. The molecule has 1 unspecified atom stereocenters. The van der Waals surface area contributed by atoms with Crippen molar-refractivity contribution in [3.63, 3.8) is 0 Å². The number of piperidine rings is 1. The van der Waals surface area contributed by atoms with Crippen molar-refractivity contribution >= 4 is 17.8 Å². The molecule has 1 atom stereocenters. The number of aliphatic imine (C=N–C) groups is 1. The predicted octanol–water partition coefficient (Wildman–Crippen LogP) is -0.894. The smallest absolute Gasteiger partial charge is 0.249 e. The number of carbonyl (C=O) groups excluding carboxylic acids is 2. The topological polar surface area (TPSA) is 96.6 Å². The van der Waals surface area contributed by atoms with Gasteiger partial charge >= 0.3 is 0 Å². The van der Waals surface area contributed by atoms with Crippen molar-refractivity contribution in [3.05, 3.63) is 0 Å². The minimum absolute atomic E-state index is 0.234. The third-order valence-electron chi connectivity index (χ3n) is 2.07. The highest BCUT2D eigenvalue weighted by Gasteiger charge is 2.26. The van der Waals surface area contributed by atoms with E-state index in [1.54, 1.807) is 0 Å². The van der Waals surface area contributed by atoms with Crippen LogP contribution in [0.1, 0.15) is 26.2 Å². The van der Waals surface area contributed by atoms with E-state index in [1.165, 1.54) is 0 Å². The van der Waals surface area contributed by atoms with E-state index in [9.17, 15) is 9.59 Å². The molecule has 1 fully saturated rings. The average Bonchev–Trinajstić information content (AvgIpc) is 2.19. The van der Waals surface area contributed by atoms with Gasteiger partial charge in [-0.15, -0.1) is 0 Å². The molecule has 2 amide bonds. The number of guanidine groups is 1. The van der Waals surface area contributed by atoms with E-state index in [0.717, 1.165) is 6.42 Å². The Morgan fingerprint density at radius 3 is 3.00 bits per heavy atom. The quantitative estimate of drug-likeness (QED) is 0.321. The zero-order chi connectivity index (χ0) is 11.3. The Morgan fingerprint density at radius 2 is 2.40 bits per heavy atom. The van der Waals surface area contributed by atoms with Gasteiger partial charge in [0.05, 0.1) is 0 Å². The maximum atomic E-state index is 11.3. The lowest BCUT2D eigenvalue weighted by atomic mass is 10.1. The molecule has 0 aromatic heterocycles. The van der Waals surface area contributed by atoms with Gasteiger partial charge in [0.2, 0.25) is 11.8 Å². The SMILES string of the molecule is CCCN=C(N)NC1CCC(=O)NC1=O. The third-order valence-corrected chi connectivity index (χ3v) is 2.07. The summed E-state index contributed by atoms with van der Waals surface area (Å²) in [4.78, 5) is 26.2. The number of nitrogens with two attached hydrogens (primary N) is 1. The Bertz CT molecular complexity index is 288. The van der Waals surface area contributed by atoms with Crippen LogP contribution in [0.25, 0.3) is 0 Å². The minimum atomic E-state index is -0.441. The van der Waals surface area contributed by atoms with Crippen LogP contribution in [0.5, 0.6) is 0 Å². The molecule has 1 saturated heterocycles. The van der Waals surface area contributed by atoms with Crippen molar-refractivity contribution < 1.29 is 9.59 Å². The summed E-state index contributed by atoms with van der Waals surface area (Å²) in [6.45, 7) is 2.62. The third kappa shape index (κ3) is 3.57. The van der Waals surface area contributed by atoms with Gasteiger partial charge in [-0.05, 0) is 12.8 Å². The summed E-state index contributed by atoms with van der Waals surface area (Å²) in [5.74, 6) is -0.311. The van der Waals surface area contributed by atoms with Crippen LogP contribution in [0.3, 0.4) is 0 Å². The Hall–Kier alpha value is -1.59.